The third-order valence-corrected chi connectivity index (χ3v) is 5.78. The summed E-state index contributed by atoms with van der Waals surface area (Å²) in [5.74, 6) is 0.791. The molecule has 1 fully saturated rings. The van der Waals surface area contributed by atoms with E-state index in [1.165, 1.54) is 0 Å². The number of anilines is 1. The molecule has 140 valence electrons. The maximum absolute atomic E-state index is 12.3. The van der Waals surface area contributed by atoms with E-state index in [9.17, 15) is 4.79 Å². The quantitative estimate of drug-likeness (QED) is 0.732. The maximum atomic E-state index is 12.3. The SMILES string of the molecule is CCOc1cccc2sc(N3CCC(NC(=O)c4cccnc4)CC3)nc12. The van der Waals surface area contributed by atoms with Gasteiger partial charge in [-0.25, -0.2) is 4.98 Å². The Morgan fingerprint density at radius 2 is 2.15 bits per heavy atom. The van der Waals surface area contributed by atoms with Crippen LogP contribution < -0.4 is 15.0 Å². The Hall–Kier alpha value is -2.67. The van der Waals surface area contributed by atoms with E-state index in [-0.39, 0.29) is 11.9 Å². The van der Waals surface area contributed by atoms with Gasteiger partial charge in [-0.15, -0.1) is 0 Å². The van der Waals surface area contributed by atoms with Gasteiger partial charge in [0.1, 0.15) is 11.3 Å². The summed E-state index contributed by atoms with van der Waals surface area (Å²) in [7, 11) is 0. The lowest BCUT2D eigenvalue weighted by atomic mass is 10.1. The number of fused-ring (bicyclic) bond motifs is 1. The Kier molecular flexibility index (Phi) is 5.20. The van der Waals surface area contributed by atoms with Crippen LogP contribution in [0.25, 0.3) is 10.2 Å². The van der Waals surface area contributed by atoms with E-state index < -0.39 is 0 Å². The van der Waals surface area contributed by atoms with E-state index in [1.54, 1.807) is 35.9 Å². The molecule has 27 heavy (non-hydrogen) atoms. The number of amides is 1. The molecule has 4 rings (SSSR count). The van der Waals surface area contributed by atoms with Crippen molar-refractivity contribution in [3.8, 4) is 5.75 Å². The van der Waals surface area contributed by atoms with Crippen molar-refractivity contribution in [2.75, 3.05) is 24.6 Å². The lowest BCUT2D eigenvalue weighted by Crippen LogP contribution is -2.44. The Bertz CT molecular complexity index is 920. The Morgan fingerprint density at radius 1 is 1.30 bits per heavy atom. The van der Waals surface area contributed by atoms with Gasteiger partial charge >= 0.3 is 0 Å². The van der Waals surface area contributed by atoms with Crippen molar-refractivity contribution in [1.29, 1.82) is 0 Å². The molecule has 0 aliphatic carbocycles. The summed E-state index contributed by atoms with van der Waals surface area (Å²) in [6.45, 7) is 4.37. The highest BCUT2D eigenvalue weighted by atomic mass is 32.1. The van der Waals surface area contributed by atoms with Crippen molar-refractivity contribution in [2.45, 2.75) is 25.8 Å². The number of hydrogen-bond acceptors (Lipinski definition) is 6. The first-order chi connectivity index (χ1) is 13.2. The second kappa shape index (κ2) is 7.92. The molecule has 1 aromatic carbocycles. The number of carbonyl (C=O) groups is 1. The fourth-order valence-corrected chi connectivity index (χ4v) is 4.33. The number of ether oxygens (including phenoxy) is 1. The highest BCUT2D eigenvalue weighted by Crippen LogP contribution is 2.35. The van der Waals surface area contributed by atoms with Crippen LogP contribution >= 0.6 is 11.3 Å². The normalized spacial score (nSPS) is 15.1. The molecule has 0 saturated carbocycles. The average Bonchev–Trinajstić information content (AvgIpc) is 3.15. The molecule has 1 aliphatic heterocycles. The Balaban J connectivity index is 1.40. The molecule has 7 heteroatoms. The Morgan fingerprint density at radius 3 is 2.89 bits per heavy atom. The topological polar surface area (TPSA) is 67.3 Å². The molecule has 6 nitrogen and oxygen atoms in total. The van der Waals surface area contributed by atoms with Crippen LogP contribution in [0.2, 0.25) is 0 Å². The molecule has 0 unspecified atom stereocenters. The van der Waals surface area contributed by atoms with Crippen LogP contribution in [0.1, 0.15) is 30.1 Å². The van der Waals surface area contributed by atoms with Gasteiger partial charge in [0, 0.05) is 31.5 Å². The van der Waals surface area contributed by atoms with Gasteiger partial charge in [-0.2, -0.15) is 0 Å². The van der Waals surface area contributed by atoms with Gasteiger partial charge in [-0.1, -0.05) is 17.4 Å². The zero-order valence-electron chi connectivity index (χ0n) is 15.2. The minimum Gasteiger partial charge on any atom is -0.492 e. The third-order valence-electron chi connectivity index (χ3n) is 4.69. The molecular formula is C20H22N4O2S. The monoisotopic (exact) mass is 382 g/mol. The third kappa shape index (κ3) is 3.88. The average molecular weight is 382 g/mol. The summed E-state index contributed by atoms with van der Waals surface area (Å²) in [5, 5.41) is 4.14. The standard InChI is InChI=1S/C20H22N4O2S/c1-2-26-16-6-3-7-17-18(16)23-20(27-17)24-11-8-15(9-12-24)22-19(25)14-5-4-10-21-13-14/h3-7,10,13,15H,2,8-9,11-12H2,1H3,(H,22,25). The van der Waals surface area contributed by atoms with Crippen LogP contribution in [0.15, 0.2) is 42.7 Å². The van der Waals surface area contributed by atoms with Gasteiger partial charge in [0.25, 0.3) is 5.91 Å². The first-order valence-electron chi connectivity index (χ1n) is 9.23. The smallest absolute Gasteiger partial charge is 0.253 e. The number of para-hydroxylation sites is 1. The summed E-state index contributed by atoms with van der Waals surface area (Å²) in [5.41, 5.74) is 1.54. The molecule has 1 amide bonds. The van der Waals surface area contributed by atoms with Crippen LogP contribution in [0.4, 0.5) is 5.13 Å². The molecule has 0 atom stereocenters. The molecule has 1 N–H and O–H groups in total. The lowest BCUT2D eigenvalue weighted by Gasteiger charge is -2.32. The molecule has 1 saturated heterocycles. The molecular weight excluding hydrogens is 360 g/mol. The Labute approximate surface area is 162 Å². The molecule has 0 bridgehead atoms. The summed E-state index contributed by atoms with van der Waals surface area (Å²) in [6, 6.07) is 9.81. The van der Waals surface area contributed by atoms with Gasteiger partial charge in [0.15, 0.2) is 5.13 Å². The number of pyridine rings is 1. The summed E-state index contributed by atoms with van der Waals surface area (Å²) in [4.78, 5) is 23.4. The fourth-order valence-electron chi connectivity index (χ4n) is 3.30. The number of nitrogens with one attached hydrogen (secondary N) is 1. The predicted molar refractivity (Wildman–Crippen MR) is 108 cm³/mol. The van der Waals surface area contributed by atoms with Crippen molar-refractivity contribution in [3.05, 3.63) is 48.3 Å². The molecule has 3 heterocycles. The van der Waals surface area contributed by atoms with E-state index in [2.05, 4.69) is 21.3 Å². The van der Waals surface area contributed by atoms with E-state index in [0.29, 0.717) is 12.2 Å². The highest BCUT2D eigenvalue weighted by molar-refractivity contribution is 7.22. The van der Waals surface area contributed by atoms with Gasteiger partial charge in [0.05, 0.1) is 16.9 Å². The molecule has 2 aromatic heterocycles. The molecule has 3 aromatic rings. The zero-order chi connectivity index (χ0) is 18.6. The lowest BCUT2D eigenvalue weighted by molar-refractivity contribution is 0.0930. The first kappa shape index (κ1) is 17.7. The molecule has 1 aliphatic rings. The van der Waals surface area contributed by atoms with E-state index in [0.717, 1.165) is 47.0 Å². The second-order valence-electron chi connectivity index (χ2n) is 6.51. The number of rotatable bonds is 5. The van der Waals surface area contributed by atoms with E-state index >= 15 is 0 Å². The van der Waals surface area contributed by atoms with Gasteiger partial charge < -0.3 is 15.0 Å². The summed E-state index contributed by atoms with van der Waals surface area (Å²) in [6.07, 6.45) is 5.08. The molecule has 0 spiro atoms. The molecule has 0 radical (unpaired) electrons. The summed E-state index contributed by atoms with van der Waals surface area (Å²) >= 11 is 1.70. The zero-order valence-corrected chi connectivity index (χ0v) is 16.0. The first-order valence-corrected chi connectivity index (χ1v) is 10.0. The van der Waals surface area contributed by atoms with Crippen molar-refractivity contribution in [1.82, 2.24) is 15.3 Å². The summed E-state index contributed by atoms with van der Waals surface area (Å²) < 4.78 is 6.84. The minimum absolute atomic E-state index is 0.0529. The number of hydrogen-bond donors (Lipinski definition) is 1. The van der Waals surface area contributed by atoms with E-state index in [4.69, 9.17) is 9.72 Å². The predicted octanol–water partition coefficient (Wildman–Crippen LogP) is 3.49. The number of thiazole rings is 1. The van der Waals surface area contributed by atoms with E-state index in [1.807, 2.05) is 19.1 Å². The van der Waals surface area contributed by atoms with Crippen LogP contribution in [0.5, 0.6) is 5.75 Å². The minimum atomic E-state index is -0.0529. The maximum Gasteiger partial charge on any atom is 0.253 e. The number of piperidine rings is 1. The van der Waals surface area contributed by atoms with Gasteiger partial charge in [-0.3, -0.25) is 9.78 Å². The van der Waals surface area contributed by atoms with Crippen LogP contribution in [-0.2, 0) is 0 Å². The van der Waals surface area contributed by atoms with Crippen molar-refractivity contribution < 1.29 is 9.53 Å². The highest BCUT2D eigenvalue weighted by Gasteiger charge is 2.23. The number of aromatic nitrogens is 2. The van der Waals surface area contributed by atoms with Crippen LogP contribution in [-0.4, -0.2) is 41.6 Å². The van der Waals surface area contributed by atoms with Crippen molar-refractivity contribution in [3.63, 3.8) is 0 Å². The number of carbonyl (C=O) groups excluding carboxylic acids is 1. The second-order valence-corrected chi connectivity index (χ2v) is 7.52. The largest absolute Gasteiger partial charge is 0.492 e. The number of benzene rings is 1. The van der Waals surface area contributed by atoms with Gasteiger partial charge in [-0.05, 0) is 44.0 Å². The van der Waals surface area contributed by atoms with Crippen molar-refractivity contribution >= 4 is 32.6 Å². The van der Waals surface area contributed by atoms with Crippen LogP contribution in [0, 0.1) is 0 Å². The van der Waals surface area contributed by atoms with Crippen LogP contribution in [0.3, 0.4) is 0 Å². The fraction of sp³-hybridized carbons (Fsp3) is 0.350. The number of nitrogens with zero attached hydrogens (tertiary/aromatic N) is 3. The van der Waals surface area contributed by atoms with Crippen molar-refractivity contribution in [2.24, 2.45) is 0 Å². The van der Waals surface area contributed by atoms with Gasteiger partial charge in [0.2, 0.25) is 0 Å².